The highest BCUT2D eigenvalue weighted by atomic mass is 16.3. The van der Waals surface area contributed by atoms with Crippen LogP contribution in [0.5, 0.6) is 0 Å². The minimum atomic E-state index is -0.469. The van der Waals surface area contributed by atoms with Crippen LogP contribution in [0.4, 0.5) is 5.82 Å². The molecule has 3 rings (SSSR count). The Labute approximate surface area is 96.9 Å². The summed E-state index contributed by atoms with van der Waals surface area (Å²) in [6.07, 6.45) is 3.11. The van der Waals surface area contributed by atoms with E-state index in [4.69, 9.17) is 5.73 Å². The third-order valence-electron chi connectivity index (χ3n) is 3.42. The molecule has 1 saturated carbocycles. The van der Waals surface area contributed by atoms with E-state index in [2.05, 4.69) is 15.1 Å². The Kier molecular flexibility index (Phi) is 2.23. The molecule has 2 aromatic heterocycles. The Balaban J connectivity index is 2.04. The van der Waals surface area contributed by atoms with Gasteiger partial charge in [0, 0.05) is 5.92 Å². The van der Waals surface area contributed by atoms with Crippen molar-refractivity contribution in [3.05, 3.63) is 12.5 Å². The molecule has 2 heterocycles. The first-order chi connectivity index (χ1) is 8.22. The van der Waals surface area contributed by atoms with Crippen LogP contribution < -0.4 is 5.73 Å². The molecule has 0 radical (unpaired) electrons. The van der Waals surface area contributed by atoms with E-state index in [1.165, 1.54) is 6.33 Å². The van der Waals surface area contributed by atoms with E-state index in [0.29, 0.717) is 23.3 Å². The SMILES string of the molecule is Nc1ncnc2c1cnn2C1CC(O)[C@H]1CO. The second kappa shape index (κ2) is 3.64. The van der Waals surface area contributed by atoms with Crippen LogP contribution in [-0.4, -0.2) is 42.7 Å². The fourth-order valence-electron chi connectivity index (χ4n) is 2.31. The summed E-state index contributed by atoms with van der Waals surface area (Å²) in [5.41, 5.74) is 6.37. The molecule has 3 atom stereocenters. The molecule has 1 fully saturated rings. The Bertz CT molecular complexity index is 555. The van der Waals surface area contributed by atoms with Gasteiger partial charge in [-0.25, -0.2) is 14.6 Å². The van der Waals surface area contributed by atoms with Crippen molar-refractivity contribution in [2.45, 2.75) is 18.6 Å². The van der Waals surface area contributed by atoms with E-state index >= 15 is 0 Å². The zero-order valence-corrected chi connectivity index (χ0v) is 9.06. The van der Waals surface area contributed by atoms with Crippen LogP contribution in [0.3, 0.4) is 0 Å². The van der Waals surface area contributed by atoms with Gasteiger partial charge in [-0.3, -0.25) is 0 Å². The van der Waals surface area contributed by atoms with E-state index in [0.717, 1.165) is 0 Å². The van der Waals surface area contributed by atoms with Crippen LogP contribution in [-0.2, 0) is 0 Å². The van der Waals surface area contributed by atoms with E-state index in [1.807, 2.05) is 0 Å². The smallest absolute Gasteiger partial charge is 0.163 e. The predicted molar refractivity (Wildman–Crippen MR) is 60.0 cm³/mol. The van der Waals surface area contributed by atoms with Crippen molar-refractivity contribution in [2.75, 3.05) is 12.3 Å². The second-order valence-corrected chi connectivity index (χ2v) is 4.30. The standard InChI is InChI=1S/C10H13N5O2/c11-9-5-2-14-15(10(5)13-4-12-9)7-1-8(17)6(7)3-16/h2,4,6-8,16-17H,1,3H2,(H2,11,12,13)/t6-,7?,8?/m0/s1. The summed E-state index contributed by atoms with van der Waals surface area (Å²) in [6, 6.07) is -0.0261. The van der Waals surface area contributed by atoms with Crippen molar-refractivity contribution < 1.29 is 10.2 Å². The molecule has 17 heavy (non-hydrogen) atoms. The van der Waals surface area contributed by atoms with Gasteiger partial charge in [0.2, 0.25) is 0 Å². The van der Waals surface area contributed by atoms with E-state index < -0.39 is 6.10 Å². The van der Waals surface area contributed by atoms with Crippen molar-refractivity contribution in [1.82, 2.24) is 19.7 Å². The van der Waals surface area contributed by atoms with Gasteiger partial charge in [0.15, 0.2) is 5.65 Å². The maximum atomic E-state index is 9.55. The van der Waals surface area contributed by atoms with E-state index in [1.54, 1.807) is 10.9 Å². The fraction of sp³-hybridized carbons (Fsp3) is 0.500. The quantitative estimate of drug-likeness (QED) is 0.636. The third kappa shape index (κ3) is 1.39. The highest BCUT2D eigenvalue weighted by Crippen LogP contribution is 2.39. The summed E-state index contributed by atoms with van der Waals surface area (Å²) in [5, 5.41) is 23.7. The second-order valence-electron chi connectivity index (χ2n) is 4.30. The zero-order chi connectivity index (χ0) is 12.0. The molecule has 7 nitrogen and oxygen atoms in total. The van der Waals surface area contributed by atoms with Crippen LogP contribution in [0.1, 0.15) is 12.5 Å². The average molecular weight is 235 g/mol. The number of nitrogens with two attached hydrogens (primary N) is 1. The molecule has 4 N–H and O–H groups in total. The van der Waals surface area contributed by atoms with Gasteiger partial charge in [0.1, 0.15) is 12.1 Å². The predicted octanol–water partition coefficient (Wildman–Crippen LogP) is -0.677. The van der Waals surface area contributed by atoms with Crippen LogP contribution in [0.2, 0.25) is 0 Å². The minimum absolute atomic E-state index is 0.0261. The summed E-state index contributed by atoms with van der Waals surface area (Å²) in [4.78, 5) is 8.04. The van der Waals surface area contributed by atoms with Gasteiger partial charge in [0.25, 0.3) is 0 Å². The largest absolute Gasteiger partial charge is 0.396 e. The van der Waals surface area contributed by atoms with E-state index in [9.17, 15) is 10.2 Å². The Morgan fingerprint density at radius 1 is 1.47 bits per heavy atom. The van der Waals surface area contributed by atoms with Gasteiger partial charge in [0.05, 0.1) is 30.3 Å². The Morgan fingerprint density at radius 2 is 2.29 bits per heavy atom. The number of hydrogen-bond donors (Lipinski definition) is 3. The van der Waals surface area contributed by atoms with Crippen LogP contribution in [0.25, 0.3) is 11.0 Å². The summed E-state index contributed by atoms with van der Waals surface area (Å²) < 4.78 is 1.71. The highest BCUT2D eigenvalue weighted by molar-refractivity contribution is 5.84. The Morgan fingerprint density at radius 3 is 3.00 bits per heavy atom. The first-order valence-electron chi connectivity index (χ1n) is 5.45. The average Bonchev–Trinajstić information content (AvgIpc) is 2.71. The van der Waals surface area contributed by atoms with Gasteiger partial charge in [-0.2, -0.15) is 5.10 Å². The first-order valence-corrected chi connectivity index (χ1v) is 5.45. The Hall–Kier alpha value is -1.73. The molecule has 1 aliphatic carbocycles. The summed E-state index contributed by atoms with van der Waals surface area (Å²) in [7, 11) is 0. The lowest BCUT2D eigenvalue weighted by Gasteiger charge is -2.40. The lowest BCUT2D eigenvalue weighted by atomic mass is 9.77. The number of fused-ring (bicyclic) bond motifs is 1. The molecule has 0 aliphatic heterocycles. The molecular weight excluding hydrogens is 222 g/mol. The van der Waals surface area contributed by atoms with Gasteiger partial charge in [-0.1, -0.05) is 0 Å². The number of hydrogen-bond acceptors (Lipinski definition) is 6. The van der Waals surface area contributed by atoms with Crippen LogP contribution >= 0.6 is 0 Å². The van der Waals surface area contributed by atoms with Gasteiger partial charge >= 0.3 is 0 Å². The molecule has 0 aromatic carbocycles. The van der Waals surface area contributed by atoms with Crippen molar-refractivity contribution >= 4 is 16.9 Å². The monoisotopic (exact) mass is 235 g/mol. The molecule has 2 aromatic rings. The molecule has 1 aliphatic rings. The number of aliphatic hydroxyl groups excluding tert-OH is 2. The number of nitrogens with zero attached hydrogens (tertiary/aromatic N) is 4. The number of nitrogen functional groups attached to an aromatic ring is 1. The maximum absolute atomic E-state index is 9.55. The molecule has 90 valence electrons. The normalized spacial score (nSPS) is 28.2. The first kappa shape index (κ1) is 10.4. The summed E-state index contributed by atoms with van der Waals surface area (Å²) in [6.45, 7) is -0.0618. The maximum Gasteiger partial charge on any atom is 0.163 e. The number of anilines is 1. The zero-order valence-electron chi connectivity index (χ0n) is 9.06. The molecule has 0 amide bonds. The van der Waals surface area contributed by atoms with Crippen molar-refractivity contribution in [1.29, 1.82) is 0 Å². The van der Waals surface area contributed by atoms with Gasteiger partial charge < -0.3 is 15.9 Å². The van der Waals surface area contributed by atoms with Gasteiger partial charge in [-0.05, 0) is 6.42 Å². The molecule has 7 heteroatoms. The summed E-state index contributed by atoms with van der Waals surface area (Å²) in [5.74, 6) is 0.205. The van der Waals surface area contributed by atoms with Crippen molar-refractivity contribution in [3.8, 4) is 0 Å². The number of rotatable bonds is 2. The lowest BCUT2D eigenvalue weighted by Crippen LogP contribution is -2.45. The molecule has 2 unspecified atom stereocenters. The van der Waals surface area contributed by atoms with Crippen molar-refractivity contribution in [3.63, 3.8) is 0 Å². The molecule has 0 spiro atoms. The van der Waals surface area contributed by atoms with Crippen LogP contribution in [0.15, 0.2) is 12.5 Å². The molecule has 0 saturated heterocycles. The third-order valence-corrected chi connectivity index (χ3v) is 3.42. The number of aromatic nitrogens is 4. The molecular formula is C10H13N5O2. The summed E-state index contributed by atoms with van der Waals surface area (Å²) >= 11 is 0. The highest BCUT2D eigenvalue weighted by Gasteiger charge is 2.42. The number of aliphatic hydroxyl groups is 2. The minimum Gasteiger partial charge on any atom is -0.396 e. The van der Waals surface area contributed by atoms with Crippen molar-refractivity contribution in [2.24, 2.45) is 5.92 Å². The lowest BCUT2D eigenvalue weighted by molar-refractivity contribution is -0.0551. The van der Waals surface area contributed by atoms with Gasteiger partial charge in [-0.15, -0.1) is 0 Å². The molecule has 0 bridgehead atoms. The topological polar surface area (TPSA) is 110 Å². The fourth-order valence-corrected chi connectivity index (χ4v) is 2.31. The van der Waals surface area contributed by atoms with E-state index in [-0.39, 0.29) is 18.6 Å². The van der Waals surface area contributed by atoms with Crippen LogP contribution in [0, 0.1) is 5.92 Å².